The Morgan fingerprint density at radius 3 is 2.24 bits per heavy atom. The molecule has 0 spiro atoms. The van der Waals surface area contributed by atoms with Gasteiger partial charge in [0, 0.05) is 24.5 Å². The van der Waals surface area contributed by atoms with Gasteiger partial charge in [0.05, 0.1) is 5.41 Å². The van der Waals surface area contributed by atoms with E-state index < -0.39 is 11.4 Å². The Labute approximate surface area is 301 Å². The van der Waals surface area contributed by atoms with Crippen LogP contribution in [-0.4, -0.2) is 72.6 Å². The molecule has 7 aliphatic rings. The van der Waals surface area contributed by atoms with E-state index in [4.69, 9.17) is 9.47 Å². The molecule has 9 nitrogen and oxygen atoms in total. The summed E-state index contributed by atoms with van der Waals surface area (Å²) in [5.74, 6) is 0.690. The van der Waals surface area contributed by atoms with Gasteiger partial charge in [-0.25, -0.2) is 9.59 Å². The zero-order chi connectivity index (χ0) is 35.7. The largest absolute Gasteiger partial charge is 0.481 e. The van der Waals surface area contributed by atoms with E-state index in [-0.39, 0.29) is 63.8 Å². The molecule has 7 rings (SSSR count). The average Bonchev–Trinajstić information content (AvgIpc) is 3.78. The van der Waals surface area contributed by atoms with Gasteiger partial charge in [0.2, 0.25) is 0 Å². The lowest BCUT2D eigenvalue weighted by Crippen LogP contribution is -2.67. The highest BCUT2D eigenvalue weighted by molar-refractivity contribution is 5.76. The minimum atomic E-state index is -0.736. The van der Waals surface area contributed by atoms with E-state index in [0.29, 0.717) is 37.3 Å². The maximum atomic E-state index is 13.3. The quantitative estimate of drug-likeness (QED) is 0.235. The number of hydrogen-bond acceptors (Lipinski definition) is 6. The number of nitrogens with zero attached hydrogens (tertiary/aromatic N) is 1. The van der Waals surface area contributed by atoms with Gasteiger partial charge in [0.1, 0.15) is 12.2 Å². The van der Waals surface area contributed by atoms with Crippen molar-refractivity contribution in [2.45, 2.75) is 156 Å². The number of carboxylic acids is 1. The number of rotatable bonds is 8. The number of amides is 2. The number of fused-ring (bicyclic) bond motifs is 7. The fourth-order valence-corrected chi connectivity index (χ4v) is 14.1. The molecule has 1 aliphatic heterocycles. The van der Waals surface area contributed by atoms with Crippen molar-refractivity contribution in [3.05, 3.63) is 0 Å². The predicted molar refractivity (Wildman–Crippen MR) is 192 cm³/mol. The first-order valence-electron chi connectivity index (χ1n) is 20.5. The molecule has 0 radical (unpaired) electrons. The van der Waals surface area contributed by atoms with Crippen molar-refractivity contribution in [1.29, 1.82) is 0 Å². The molecule has 6 saturated carbocycles. The first-order valence-corrected chi connectivity index (χ1v) is 20.5. The van der Waals surface area contributed by atoms with E-state index in [9.17, 15) is 19.5 Å². The van der Waals surface area contributed by atoms with Crippen LogP contribution in [0.25, 0.3) is 0 Å². The fourth-order valence-electron chi connectivity index (χ4n) is 14.1. The molecule has 3 N–H and O–H groups in total. The molecule has 2 amide bonds. The van der Waals surface area contributed by atoms with Crippen LogP contribution in [0.2, 0.25) is 0 Å². The number of carbonyl (C=O) groups excluding carboxylic acids is 2. The number of hydrogen-bond donors (Lipinski definition) is 3. The number of nitrogens with one attached hydrogen (secondary N) is 2. The monoisotopic (exact) mass is 698 g/mol. The molecule has 0 aromatic heterocycles. The summed E-state index contributed by atoms with van der Waals surface area (Å²) >= 11 is 0. The molecule has 282 valence electrons. The van der Waals surface area contributed by atoms with Gasteiger partial charge >= 0.3 is 18.2 Å². The fraction of sp³-hybridized carbons (Fsp3) is 0.927. The van der Waals surface area contributed by atoms with Crippen LogP contribution in [0.15, 0.2) is 0 Å². The average molecular weight is 698 g/mol. The van der Waals surface area contributed by atoms with Crippen LogP contribution in [0, 0.1) is 56.7 Å². The van der Waals surface area contributed by atoms with Crippen molar-refractivity contribution in [2.24, 2.45) is 56.7 Å². The van der Waals surface area contributed by atoms with Gasteiger partial charge in [-0.1, -0.05) is 41.0 Å². The minimum Gasteiger partial charge on any atom is -0.481 e. The SMILES string of the molecule is C[C@H](OC(=O)NCCN1CCCCC1)[C@@H]1CC[C@]2(C(=O)O)CC[C@]3(C)C(CCC4[C@@]5(C)CC[C@@H](OC(=O)NC6CC6)C(C)(C)C5CC[C@]43C)C12. The maximum absolute atomic E-state index is 13.3. The van der Waals surface area contributed by atoms with Crippen molar-refractivity contribution < 1.29 is 29.0 Å². The number of carbonyl (C=O) groups is 3. The van der Waals surface area contributed by atoms with E-state index in [1.54, 1.807) is 0 Å². The summed E-state index contributed by atoms with van der Waals surface area (Å²) in [6, 6.07) is 0.293. The third-order valence-corrected chi connectivity index (χ3v) is 17.0. The molecule has 0 aromatic rings. The van der Waals surface area contributed by atoms with Gasteiger partial charge < -0.3 is 30.1 Å². The lowest BCUT2D eigenvalue weighted by Gasteiger charge is -2.72. The van der Waals surface area contributed by atoms with Gasteiger partial charge in [0.15, 0.2) is 0 Å². The normalized spacial score (nSPS) is 44.4. The van der Waals surface area contributed by atoms with Gasteiger partial charge in [-0.15, -0.1) is 0 Å². The van der Waals surface area contributed by atoms with Crippen LogP contribution < -0.4 is 10.6 Å². The van der Waals surface area contributed by atoms with E-state index in [2.05, 4.69) is 50.2 Å². The summed E-state index contributed by atoms with van der Waals surface area (Å²) in [6.07, 6.45) is 14.3. The minimum absolute atomic E-state index is 0.00348. The molecule has 50 heavy (non-hydrogen) atoms. The number of alkyl carbamates (subject to hydrolysis) is 2. The topological polar surface area (TPSA) is 117 Å². The number of ether oxygens (including phenoxy) is 2. The Morgan fingerprint density at radius 2 is 1.54 bits per heavy atom. The van der Waals surface area contributed by atoms with Crippen molar-refractivity contribution in [3.8, 4) is 0 Å². The Kier molecular flexibility index (Phi) is 9.54. The number of carboxylic acid groups (broad SMARTS) is 1. The Morgan fingerprint density at radius 1 is 0.800 bits per heavy atom. The van der Waals surface area contributed by atoms with Gasteiger partial charge in [-0.3, -0.25) is 4.79 Å². The molecular weight excluding hydrogens is 630 g/mol. The third kappa shape index (κ3) is 5.86. The zero-order valence-corrected chi connectivity index (χ0v) is 32.0. The molecular formula is C41H67N3O6. The van der Waals surface area contributed by atoms with E-state index in [1.165, 1.54) is 19.3 Å². The summed E-state index contributed by atoms with van der Waals surface area (Å²) in [4.78, 5) is 41.5. The van der Waals surface area contributed by atoms with Crippen LogP contribution in [-0.2, 0) is 14.3 Å². The van der Waals surface area contributed by atoms with Gasteiger partial charge in [-0.2, -0.15) is 0 Å². The smallest absolute Gasteiger partial charge is 0.407 e. The second-order valence-electron chi connectivity index (χ2n) is 19.5. The molecule has 7 fully saturated rings. The van der Waals surface area contributed by atoms with Crippen molar-refractivity contribution in [2.75, 3.05) is 26.2 Å². The zero-order valence-electron chi connectivity index (χ0n) is 32.0. The molecule has 9 heteroatoms. The Balaban J connectivity index is 1.08. The third-order valence-electron chi connectivity index (χ3n) is 17.0. The first-order chi connectivity index (χ1) is 23.7. The molecule has 0 aromatic carbocycles. The summed E-state index contributed by atoms with van der Waals surface area (Å²) < 4.78 is 12.3. The summed E-state index contributed by atoms with van der Waals surface area (Å²) in [6.45, 7) is 18.0. The summed E-state index contributed by atoms with van der Waals surface area (Å²) in [5.41, 5.74) is -0.623. The molecule has 0 bridgehead atoms. The van der Waals surface area contributed by atoms with E-state index in [1.807, 2.05) is 6.92 Å². The van der Waals surface area contributed by atoms with Crippen LogP contribution in [0.1, 0.15) is 138 Å². The van der Waals surface area contributed by atoms with Crippen LogP contribution in [0.5, 0.6) is 0 Å². The van der Waals surface area contributed by atoms with Crippen molar-refractivity contribution >= 4 is 18.2 Å². The van der Waals surface area contributed by atoms with Crippen LogP contribution in [0.3, 0.4) is 0 Å². The summed E-state index contributed by atoms with van der Waals surface area (Å²) in [5, 5.41) is 17.0. The molecule has 4 unspecified atom stereocenters. The van der Waals surface area contributed by atoms with Crippen LogP contribution >= 0.6 is 0 Å². The highest BCUT2D eigenvalue weighted by Gasteiger charge is 2.72. The van der Waals surface area contributed by atoms with E-state index in [0.717, 1.165) is 83.8 Å². The highest BCUT2D eigenvalue weighted by atomic mass is 16.6. The number of piperidine rings is 1. The number of aliphatic carboxylic acids is 1. The van der Waals surface area contributed by atoms with E-state index >= 15 is 0 Å². The summed E-state index contributed by atoms with van der Waals surface area (Å²) in [7, 11) is 0. The Bertz CT molecular complexity index is 1310. The van der Waals surface area contributed by atoms with Gasteiger partial charge in [-0.05, 0) is 156 Å². The highest BCUT2D eigenvalue weighted by Crippen LogP contribution is 2.77. The molecule has 1 saturated heterocycles. The second-order valence-corrected chi connectivity index (χ2v) is 19.5. The van der Waals surface area contributed by atoms with Crippen molar-refractivity contribution in [3.63, 3.8) is 0 Å². The predicted octanol–water partition coefficient (Wildman–Crippen LogP) is 8.01. The Hall–Kier alpha value is -2.03. The first kappa shape index (κ1) is 36.3. The second kappa shape index (κ2) is 13.1. The lowest BCUT2D eigenvalue weighted by atomic mass is 9.32. The van der Waals surface area contributed by atoms with Gasteiger partial charge in [0.25, 0.3) is 0 Å². The van der Waals surface area contributed by atoms with Crippen molar-refractivity contribution in [1.82, 2.24) is 15.5 Å². The number of likely N-dealkylation sites (tertiary alicyclic amines) is 1. The molecule has 1 heterocycles. The molecule has 6 aliphatic carbocycles. The van der Waals surface area contributed by atoms with Crippen LogP contribution in [0.4, 0.5) is 9.59 Å². The lowest BCUT2D eigenvalue weighted by molar-refractivity contribution is -0.250. The maximum Gasteiger partial charge on any atom is 0.407 e. The molecule has 11 atom stereocenters. The standard InChI is InChI=1S/C41H67N3O6/c1-26(49-35(47)42-22-25-44-23-8-7-9-24-44)28-14-19-41(34(45)46)21-20-39(5)29(33(28)41)12-13-31-38(4)17-16-32(50-36(48)43-27-10-11-27)37(2,3)30(38)15-18-40(31,39)6/h26-33H,7-25H2,1-6H3,(H,42,47)(H,43,48)(H,45,46)/t26-,28-,29?,30?,31?,32+,33?,38-,39+,40+,41-/m0/s1.